The molecule has 0 unspecified atom stereocenters. The van der Waals surface area contributed by atoms with Crippen molar-refractivity contribution in [2.45, 2.75) is 17.9 Å². The van der Waals surface area contributed by atoms with Crippen LogP contribution in [0, 0.1) is 0 Å². The van der Waals surface area contributed by atoms with E-state index in [2.05, 4.69) is 17.1 Å². The second kappa shape index (κ2) is 8.20. The Balaban J connectivity index is 0.00000180. The molecule has 4 nitrogen and oxygen atoms in total. The molecule has 0 saturated carbocycles. The van der Waals surface area contributed by atoms with Gasteiger partial charge in [-0.15, -0.1) is 24.8 Å². The van der Waals surface area contributed by atoms with Gasteiger partial charge >= 0.3 is 0 Å². The quantitative estimate of drug-likeness (QED) is 0.912. The van der Waals surface area contributed by atoms with E-state index in [9.17, 15) is 8.42 Å². The molecule has 0 bridgehead atoms. The van der Waals surface area contributed by atoms with Crippen LogP contribution < -0.4 is 5.32 Å². The Kier molecular flexibility index (Phi) is 8.06. The minimum atomic E-state index is -3.09. The molecule has 1 heterocycles. The molecular weight excluding hydrogens is 319 g/mol. The summed E-state index contributed by atoms with van der Waals surface area (Å²) in [6.45, 7) is 6.28. The lowest BCUT2D eigenvalue weighted by molar-refractivity contribution is 0.185. The predicted octanol–water partition coefficient (Wildman–Crippen LogP) is 1.90. The van der Waals surface area contributed by atoms with Crippen LogP contribution in [0.1, 0.15) is 18.5 Å². The molecular formula is C13H22Cl2N2O2S. The molecule has 1 aliphatic rings. The molecule has 1 saturated heterocycles. The van der Waals surface area contributed by atoms with E-state index in [1.165, 1.54) is 11.8 Å². The molecule has 0 aromatic heterocycles. The van der Waals surface area contributed by atoms with Crippen molar-refractivity contribution in [1.82, 2.24) is 10.2 Å². The van der Waals surface area contributed by atoms with Gasteiger partial charge in [0, 0.05) is 38.5 Å². The first kappa shape index (κ1) is 19.7. The van der Waals surface area contributed by atoms with Crippen molar-refractivity contribution in [2.75, 3.05) is 32.4 Å². The fraction of sp³-hybridized carbons (Fsp3) is 0.538. The van der Waals surface area contributed by atoms with E-state index in [0.29, 0.717) is 10.9 Å². The minimum Gasteiger partial charge on any atom is -0.314 e. The van der Waals surface area contributed by atoms with Gasteiger partial charge in [0.25, 0.3) is 0 Å². The van der Waals surface area contributed by atoms with Crippen LogP contribution in [-0.2, 0) is 9.84 Å². The lowest BCUT2D eigenvalue weighted by Gasteiger charge is -2.33. The van der Waals surface area contributed by atoms with E-state index in [1.807, 2.05) is 12.1 Å². The third-order valence-corrected chi connectivity index (χ3v) is 4.62. The Morgan fingerprint density at radius 1 is 1.10 bits per heavy atom. The number of nitrogens with one attached hydrogen (secondary N) is 1. The number of halogens is 2. The monoisotopic (exact) mass is 340 g/mol. The van der Waals surface area contributed by atoms with Crippen LogP contribution in [0.5, 0.6) is 0 Å². The summed E-state index contributed by atoms with van der Waals surface area (Å²) < 4.78 is 22.8. The maximum Gasteiger partial charge on any atom is 0.175 e. The third kappa shape index (κ3) is 4.90. The Morgan fingerprint density at radius 3 is 2.05 bits per heavy atom. The van der Waals surface area contributed by atoms with Crippen LogP contribution in [0.2, 0.25) is 0 Å². The molecule has 116 valence electrons. The molecule has 2 rings (SSSR count). The van der Waals surface area contributed by atoms with Gasteiger partial charge in [0.15, 0.2) is 9.84 Å². The first-order valence-electron chi connectivity index (χ1n) is 6.23. The van der Waals surface area contributed by atoms with Crippen molar-refractivity contribution in [3.05, 3.63) is 29.8 Å². The fourth-order valence-electron chi connectivity index (χ4n) is 2.27. The van der Waals surface area contributed by atoms with Crippen LogP contribution in [0.3, 0.4) is 0 Å². The highest BCUT2D eigenvalue weighted by Gasteiger charge is 2.18. The van der Waals surface area contributed by atoms with Gasteiger partial charge in [-0.3, -0.25) is 4.90 Å². The molecule has 1 aliphatic heterocycles. The number of rotatable bonds is 3. The van der Waals surface area contributed by atoms with Crippen molar-refractivity contribution in [1.29, 1.82) is 0 Å². The average Bonchev–Trinajstić information content (AvgIpc) is 2.38. The van der Waals surface area contributed by atoms with Gasteiger partial charge in [0.2, 0.25) is 0 Å². The van der Waals surface area contributed by atoms with Gasteiger partial charge < -0.3 is 5.32 Å². The number of hydrogen-bond acceptors (Lipinski definition) is 4. The Bertz CT molecular complexity index is 500. The largest absolute Gasteiger partial charge is 0.314 e. The molecule has 20 heavy (non-hydrogen) atoms. The zero-order chi connectivity index (χ0) is 13.2. The van der Waals surface area contributed by atoms with Crippen LogP contribution in [0.4, 0.5) is 0 Å². The summed E-state index contributed by atoms with van der Waals surface area (Å²) in [5.74, 6) is 0. The van der Waals surface area contributed by atoms with Crippen molar-refractivity contribution in [3.8, 4) is 0 Å². The van der Waals surface area contributed by atoms with E-state index >= 15 is 0 Å². The van der Waals surface area contributed by atoms with Crippen LogP contribution in [0.15, 0.2) is 29.2 Å². The molecule has 1 atom stereocenters. The van der Waals surface area contributed by atoms with E-state index in [1.54, 1.807) is 12.1 Å². The van der Waals surface area contributed by atoms with Gasteiger partial charge in [-0.2, -0.15) is 0 Å². The highest BCUT2D eigenvalue weighted by atomic mass is 35.5. The Morgan fingerprint density at radius 2 is 1.60 bits per heavy atom. The lowest BCUT2D eigenvalue weighted by Crippen LogP contribution is -2.44. The molecule has 7 heteroatoms. The van der Waals surface area contributed by atoms with Gasteiger partial charge in [-0.05, 0) is 24.6 Å². The Hall–Kier alpha value is -0.330. The summed E-state index contributed by atoms with van der Waals surface area (Å²) in [5.41, 5.74) is 1.17. The van der Waals surface area contributed by atoms with E-state index in [-0.39, 0.29) is 24.8 Å². The van der Waals surface area contributed by atoms with E-state index in [0.717, 1.165) is 26.2 Å². The minimum absolute atomic E-state index is 0. The number of piperazine rings is 1. The average molecular weight is 341 g/mol. The topological polar surface area (TPSA) is 49.4 Å². The number of nitrogens with zero attached hydrogens (tertiary/aromatic N) is 1. The summed E-state index contributed by atoms with van der Waals surface area (Å²) >= 11 is 0. The zero-order valence-corrected chi connectivity index (χ0v) is 14.2. The van der Waals surface area contributed by atoms with Crippen molar-refractivity contribution in [2.24, 2.45) is 0 Å². The third-order valence-electron chi connectivity index (χ3n) is 3.49. The van der Waals surface area contributed by atoms with Crippen molar-refractivity contribution in [3.63, 3.8) is 0 Å². The number of hydrogen-bond donors (Lipinski definition) is 1. The molecule has 0 radical (unpaired) electrons. The molecule has 1 fully saturated rings. The maximum absolute atomic E-state index is 11.4. The molecule has 1 aromatic carbocycles. The SMILES string of the molecule is C[C@H](c1ccc(S(C)(=O)=O)cc1)N1CCNCC1.Cl.Cl. The second-order valence-electron chi connectivity index (χ2n) is 4.80. The summed E-state index contributed by atoms with van der Waals surface area (Å²) in [6.07, 6.45) is 1.24. The zero-order valence-electron chi connectivity index (χ0n) is 11.7. The molecule has 1 N–H and O–H groups in total. The van der Waals surface area contributed by atoms with Crippen LogP contribution >= 0.6 is 24.8 Å². The van der Waals surface area contributed by atoms with Crippen LogP contribution in [-0.4, -0.2) is 45.8 Å². The first-order chi connectivity index (χ1) is 8.48. The second-order valence-corrected chi connectivity index (χ2v) is 6.82. The van der Waals surface area contributed by atoms with E-state index < -0.39 is 9.84 Å². The maximum atomic E-state index is 11.4. The summed E-state index contributed by atoms with van der Waals surface area (Å²) in [7, 11) is -3.09. The molecule has 0 amide bonds. The van der Waals surface area contributed by atoms with Gasteiger partial charge in [0.05, 0.1) is 4.90 Å². The molecule has 0 spiro atoms. The van der Waals surface area contributed by atoms with Crippen molar-refractivity contribution < 1.29 is 8.42 Å². The van der Waals surface area contributed by atoms with Crippen molar-refractivity contribution >= 4 is 34.7 Å². The highest BCUT2D eigenvalue weighted by Crippen LogP contribution is 2.21. The van der Waals surface area contributed by atoms with Gasteiger partial charge in [-0.1, -0.05) is 12.1 Å². The molecule has 1 aromatic rings. The standard InChI is InChI=1S/C13H20N2O2S.2ClH/c1-11(15-9-7-14-8-10-15)12-3-5-13(6-4-12)18(2,16)17;;/h3-6,11,14H,7-10H2,1-2H3;2*1H/t11-;;/m1../s1. The van der Waals surface area contributed by atoms with E-state index in [4.69, 9.17) is 0 Å². The van der Waals surface area contributed by atoms with Gasteiger partial charge in [0.1, 0.15) is 0 Å². The number of benzene rings is 1. The molecule has 0 aliphatic carbocycles. The first-order valence-corrected chi connectivity index (χ1v) is 8.12. The fourth-order valence-corrected chi connectivity index (χ4v) is 2.90. The summed E-state index contributed by atoms with van der Waals surface area (Å²) in [4.78, 5) is 2.80. The normalized spacial score (nSPS) is 17.7. The predicted molar refractivity (Wildman–Crippen MR) is 86.9 cm³/mol. The summed E-state index contributed by atoms with van der Waals surface area (Å²) in [6, 6.07) is 7.57. The van der Waals surface area contributed by atoms with Gasteiger partial charge in [-0.25, -0.2) is 8.42 Å². The number of sulfone groups is 1. The van der Waals surface area contributed by atoms with Crippen LogP contribution in [0.25, 0.3) is 0 Å². The highest BCUT2D eigenvalue weighted by molar-refractivity contribution is 7.90. The lowest BCUT2D eigenvalue weighted by atomic mass is 10.1. The Labute approximate surface area is 133 Å². The summed E-state index contributed by atoms with van der Waals surface area (Å²) in [5, 5.41) is 3.33. The smallest absolute Gasteiger partial charge is 0.175 e.